The molecule has 1 aliphatic heterocycles. The van der Waals surface area contributed by atoms with Gasteiger partial charge in [0.2, 0.25) is 0 Å². The van der Waals surface area contributed by atoms with Gasteiger partial charge in [0, 0.05) is 18.7 Å². The predicted octanol–water partition coefficient (Wildman–Crippen LogP) is 1.21. The fourth-order valence-electron chi connectivity index (χ4n) is 1.88. The lowest BCUT2D eigenvalue weighted by molar-refractivity contribution is 0.482. The zero-order valence-corrected chi connectivity index (χ0v) is 11.7. The third-order valence-electron chi connectivity index (χ3n) is 2.90. The second kappa shape index (κ2) is 5.40. The maximum atomic E-state index is 13.8. The van der Waals surface area contributed by atoms with Crippen LogP contribution in [0.4, 0.5) is 10.1 Å². The Morgan fingerprint density at radius 1 is 1.37 bits per heavy atom. The van der Waals surface area contributed by atoms with Crippen LogP contribution in [0.2, 0.25) is 0 Å². The molecule has 0 aromatic heterocycles. The summed E-state index contributed by atoms with van der Waals surface area (Å²) in [4.78, 5) is 0.0628. The van der Waals surface area contributed by atoms with Crippen LogP contribution >= 0.6 is 12.2 Å². The average Bonchev–Trinajstić information content (AvgIpc) is 2.85. The van der Waals surface area contributed by atoms with Crippen LogP contribution in [0, 0.1) is 5.82 Å². The quantitative estimate of drug-likeness (QED) is 0.820. The number of benzene rings is 1. The third-order valence-corrected chi connectivity index (χ3v) is 4.66. The molecule has 3 N–H and O–H groups in total. The van der Waals surface area contributed by atoms with Crippen molar-refractivity contribution in [3.05, 3.63) is 29.6 Å². The molecule has 5 nitrogen and oxygen atoms in total. The van der Waals surface area contributed by atoms with Crippen molar-refractivity contribution in [2.75, 3.05) is 17.8 Å². The van der Waals surface area contributed by atoms with Gasteiger partial charge in [-0.05, 0) is 31.0 Å². The molecule has 1 fully saturated rings. The molecule has 1 aromatic rings. The van der Waals surface area contributed by atoms with Gasteiger partial charge in [0.1, 0.15) is 10.8 Å². The highest BCUT2D eigenvalue weighted by molar-refractivity contribution is 7.90. The van der Waals surface area contributed by atoms with Gasteiger partial charge in [-0.2, -0.15) is 12.7 Å². The molecule has 1 heterocycles. The molecule has 8 heteroatoms. The first-order chi connectivity index (χ1) is 8.90. The Hall–Kier alpha value is -1.25. The molecule has 1 aromatic carbocycles. The Labute approximate surface area is 116 Å². The summed E-state index contributed by atoms with van der Waals surface area (Å²) in [5.74, 6) is -0.701. The van der Waals surface area contributed by atoms with E-state index in [4.69, 9.17) is 18.0 Å². The Kier molecular flexibility index (Phi) is 4.02. The minimum atomic E-state index is -3.69. The number of hydrogen-bond acceptors (Lipinski definition) is 3. The standard InChI is InChI=1S/C11H14FN3O2S2/c12-9-7-8(11(13)18)3-4-10(9)14-19(16,17)15-5-1-2-6-15/h3-4,7,14H,1-2,5-6H2,(H2,13,18). The van der Waals surface area contributed by atoms with Crippen molar-refractivity contribution in [1.82, 2.24) is 4.31 Å². The highest BCUT2D eigenvalue weighted by Crippen LogP contribution is 2.20. The van der Waals surface area contributed by atoms with Crippen molar-refractivity contribution >= 4 is 33.1 Å². The second-order valence-electron chi connectivity index (χ2n) is 4.27. The Morgan fingerprint density at radius 3 is 2.53 bits per heavy atom. The average molecular weight is 303 g/mol. The van der Waals surface area contributed by atoms with Crippen LogP contribution in [0.5, 0.6) is 0 Å². The van der Waals surface area contributed by atoms with Gasteiger partial charge in [0.25, 0.3) is 0 Å². The number of nitrogens with zero attached hydrogens (tertiary/aromatic N) is 1. The Bertz CT molecular complexity index is 598. The molecule has 0 bridgehead atoms. The Morgan fingerprint density at radius 2 is 2.00 bits per heavy atom. The number of anilines is 1. The van der Waals surface area contributed by atoms with Crippen LogP contribution in [0.1, 0.15) is 18.4 Å². The molecular formula is C11H14FN3O2S2. The van der Waals surface area contributed by atoms with E-state index in [9.17, 15) is 12.8 Å². The highest BCUT2D eigenvalue weighted by atomic mass is 32.2. The van der Waals surface area contributed by atoms with E-state index in [0.717, 1.165) is 18.9 Å². The Balaban J connectivity index is 2.21. The zero-order chi connectivity index (χ0) is 14.0. The SMILES string of the molecule is NC(=S)c1ccc(NS(=O)(=O)N2CCCC2)c(F)c1. The fourth-order valence-corrected chi connectivity index (χ4v) is 3.32. The summed E-state index contributed by atoms with van der Waals surface area (Å²) < 4.78 is 41.2. The number of rotatable bonds is 4. The van der Waals surface area contributed by atoms with Crippen LogP contribution in [0.15, 0.2) is 18.2 Å². The van der Waals surface area contributed by atoms with Gasteiger partial charge >= 0.3 is 10.2 Å². The summed E-state index contributed by atoms with van der Waals surface area (Å²) in [6.45, 7) is 0.920. The lowest BCUT2D eigenvalue weighted by Gasteiger charge is -2.17. The van der Waals surface area contributed by atoms with Gasteiger partial charge in [0.15, 0.2) is 0 Å². The number of nitrogens with one attached hydrogen (secondary N) is 1. The predicted molar refractivity (Wildman–Crippen MR) is 75.6 cm³/mol. The van der Waals surface area contributed by atoms with Gasteiger partial charge in [-0.3, -0.25) is 4.72 Å². The van der Waals surface area contributed by atoms with Crippen LogP contribution in [0.3, 0.4) is 0 Å². The van der Waals surface area contributed by atoms with Crippen LogP contribution < -0.4 is 10.5 Å². The topological polar surface area (TPSA) is 75.4 Å². The molecule has 0 spiro atoms. The van der Waals surface area contributed by atoms with Gasteiger partial charge < -0.3 is 5.73 Å². The summed E-state index contributed by atoms with van der Waals surface area (Å²) in [5.41, 5.74) is 5.63. The van der Waals surface area contributed by atoms with E-state index in [2.05, 4.69) is 4.72 Å². The smallest absolute Gasteiger partial charge is 0.301 e. The van der Waals surface area contributed by atoms with Crippen molar-refractivity contribution in [2.24, 2.45) is 5.73 Å². The molecule has 19 heavy (non-hydrogen) atoms. The number of thiocarbonyl (C=S) groups is 1. The maximum Gasteiger partial charge on any atom is 0.301 e. The highest BCUT2D eigenvalue weighted by Gasteiger charge is 2.25. The summed E-state index contributed by atoms with van der Waals surface area (Å²) in [6, 6.07) is 3.91. The molecule has 0 aliphatic carbocycles. The van der Waals surface area contributed by atoms with Crippen LogP contribution in [-0.2, 0) is 10.2 Å². The van der Waals surface area contributed by atoms with Gasteiger partial charge in [0.05, 0.1) is 5.69 Å². The van der Waals surface area contributed by atoms with E-state index in [1.54, 1.807) is 0 Å². The molecule has 0 saturated carbocycles. The lowest BCUT2D eigenvalue weighted by atomic mass is 10.2. The number of halogens is 1. The van der Waals surface area contributed by atoms with Crippen LogP contribution in [-0.4, -0.2) is 30.8 Å². The van der Waals surface area contributed by atoms with Crippen LogP contribution in [0.25, 0.3) is 0 Å². The van der Waals surface area contributed by atoms with Crippen molar-refractivity contribution in [3.8, 4) is 0 Å². The van der Waals surface area contributed by atoms with Crippen molar-refractivity contribution < 1.29 is 12.8 Å². The first kappa shape index (κ1) is 14.2. The van der Waals surface area contributed by atoms with E-state index in [1.165, 1.54) is 16.4 Å². The minimum absolute atomic E-state index is 0.0628. The molecule has 2 rings (SSSR count). The number of nitrogens with two attached hydrogens (primary N) is 1. The molecule has 0 atom stereocenters. The van der Waals surface area contributed by atoms with Crippen molar-refractivity contribution in [2.45, 2.75) is 12.8 Å². The molecule has 1 aliphatic rings. The monoisotopic (exact) mass is 303 g/mol. The van der Waals surface area contributed by atoms with Gasteiger partial charge in [-0.1, -0.05) is 12.2 Å². The van der Waals surface area contributed by atoms with E-state index >= 15 is 0 Å². The van der Waals surface area contributed by atoms with Gasteiger partial charge in [-0.15, -0.1) is 0 Å². The summed E-state index contributed by atoms with van der Waals surface area (Å²) in [7, 11) is -3.69. The molecular weight excluding hydrogens is 289 g/mol. The summed E-state index contributed by atoms with van der Waals surface area (Å²) in [6.07, 6.45) is 1.65. The third kappa shape index (κ3) is 3.20. The first-order valence-corrected chi connectivity index (χ1v) is 7.62. The minimum Gasteiger partial charge on any atom is -0.389 e. The van der Waals surface area contributed by atoms with Crippen molar-refractivity contribution in [3.63, 3.8) is 0 Å². The fraction of sp³-hybridized carbons (Fsp3) is 0.364. The van der Waals surface area contributed by atoms with E-state index in [-0.39, 0.29) is 10.7 Å². The zero-order valence-electron chi connectivity index (χ0n) is 10.1. The first-order valence-electron chi connectivity index (χ1n) is 5.77. The van der Waals surface area contributed by atoms with Crippen molar-refractivity contribution in [1.29, 1.82) is 0 Å². The summed E-state index contributed by atoms with van der Waals surface area (Å²) in [5, 5.41) is 0. The largest absolute Gasteiger partial charge is 0.389 e. The molecule has 0 amide bonds. The van der Waals surface area contributed by atoms with Gasteiger partial charge in [-0.25, -0.2) is 4.39 Å². The molecule has 104 valence electrons. The van der Waals surface area contributed by atoms with E-state index in [0.29, 0.717) is 18.7 Å². The normalized spacial score (nSPS) is 16.5. The number of hydrogen-bond donors (Lipinski definition) is 2. The molecule has 1 saturated heterocycles. The maximum absolute atomic E-state index is 13.8. The summed E-state index contributed by atoms with van der Waals surface area (Å²) >= 11 is 4.73. The van der Waals surface area contributed by atoms with E-state index < -0.39 is 16.0 Å². The molecule has 0 radical (unpaired) electrons. The lowest BCUT2D eigenvalue weighted by Crippen LogP contribution is -2.33. The van der Waals surface area contributed by atoms with E-state index in [1.807, 2.05) is 0 Å². The molecule has 0 unspecified atom stereocenters. The second-order valence-corrected chi connectivity index (χ2v) is 6.38.